The van der Waals surface area contributed by atoms with Gasteiger partial charge in [0.05, 0.1) is 11.8 Å². The van der Waals surface area contributed by atoms with E-state index < -0.39 is 11.7 Å². The Morgan fingerprint density at radius 1 is 1.23 bits per heavy atom. The topological polar surface area (TPSA) is 92.0 Å². The molecule has 2 aromatic carbocycles. The molecule has 0 aliphatic rings. The second kappa shape index (κ2) is 10.2. The average Bonchev–Trinajstić information content (AvgIpc) is 3.17. The third-order valence-electron chi connectivity index (χ3n) is 4.37. The first-order valence-electron chi connectivity index (χ1n) is 9.48. The van der Waals surface area contributed by atoms with Gasteiger partial charge in [-0.15, -0.1) is 0 Å². The number of nitrogens with one attached hydrogen (secondary N) is 2. The number of amides is 1. The van der Waals surface area contributed by atoms with Crippen LogP contribution in [0.3, 0.4) is 0 Å². The van der Waals surface area contributed by atoms with E-state index in [1.807, 2.05) is 13.1 Å². The molecular formula is C22H22FN5O2. The van der Waals surface area contributed by atoms with Crippen molar-refractivity contribution in [3.05, 3.63) is 66.1 Å². The Bertz CT molecular complexity index is 1060. The zero-order valence-corrected chi connectivity index (χ0v) is 16.6. The summed E-state index contributed by atoms with van der Waals surface area (Å²) in [5, 5.41) is 18.7. The highest BCUT2D eigenvalue weighted by Crippen LogP contribution is 2.32. The third-order valence-corrected chi connectivity index (χ3v) is 4.37. The van der Waals surface area contributed by atoms with Crippen LogP contribution in [0.25, 0.3) is 11.3 Å². The summed E-state index contributed by atoms with van der Waals surface area (Å²) in [5.41, 5.74) is 2.38. The molecule has 0 fully saturated rings. The maximum Gasteiger partial charge on any atom is 0.255 e. The van der Waals surface area contributed by atoms with Gasteiger partial charge in [-0.1, -0.05) is 6.07 Å². The fourth-order valence-electron chi connectivity index (χ4n) is 2.91. The minimum Gasteiger partial charge on any atom is -0.492 e. The van der Waals surface area contributed by atoms with E-state index in [4.69, 9.17) is 10.00 Å². The molecule has 0 saturated carbocycles. The van der Waals surface area contributed by atoms with Crippen molar-refractivity contribution < 1.29 is 13.9 Å². The molecule has 1 heterocycles. The summed E-state index contributed by atoms with van der Waals surface area (Å²) in [4.78, 5) is 12.5. The van der Waals surface area contributed by atoms with Gasteiger partial charge in [0.15, 0.2) is 0 Å². The molecule has 154 valence electrons. The van der Waals surface area contributed by atoms with Crippen LogP contribution in [0.2, 0.25) is 0 Å². The highest BCUT2D eigenvalue weighted by Gasteiger charge is 2.13. The monoisotopic (exact) mass is 407 g/mol. The maximum atomic E-state index is 13.4. The molecule has 0 spiro atoms. The van der Waals surface area contributed by atoms with E-state index in [2.05, 4.69) is 21.8 Å². The SMILES string of the molecule is Cn1nccc1-c1cc(NC(=O)c2cccc(F)c2)ccc1OCCNCCC#N. The van der Waals surface area contributed by atoms with Crippen LogP contribution < -0.4 is 15.4 Å². The molecule has 0 aliphatic carbocycles. The van der Waals surface area contributed by atoms with Crippen molar-refractivity contribution in [1.29, 1.82) is 5.26 Å². The summed E-state index contributed by atoms with van der Waals surface area (Å²) in [6.07, 6.45) is 2.13. The normalized spacial score (nSPS) is 10.4. The molecule has 0 bridgehead atoms. The van der Waals surface area contributed by atoms with Crippen molar-refractivity contribution in [3.8, 4) is 23.1 Å². The predicted octanol–water partition coefficient (Wildman–Crippen LogP) is 3.36. The number of nitriles is 1. The predicted molar refractivity (Wildman–Crippen MR) is 112 cm³/mol. The average molecular weight is 407 g/mol. The van der Waals surface area contributed by atoms with Crippen LogP contribution in [0.1, 0.15) is 16.8 Å². The van der Waals surface area contributed by atoms with Gasteiger partial charge in [-0.25, -0.2) is 4.39 Å². The minimum absolute atomic E-state index is 0.237. The standard InChI is InChI=1S/C22H22FN5O2/c1-28-20(8-11-26-28)19-15-18(27-22(29)16-4-2-5-17(23)14-16)6-7-21(19)30-13-12-25-10-3-9-24/h2,4-8,11,14-15,25H,3,10,12-13H2,1H3,(H,27,29). The molecule has 0 aliphatic heterocycles. The molecule has 1 amide bonds. The maximum absolute atomic E-state index is 13.4. The van der Waals surface area contributed by atoms with Crippen LogP contribution in [0.5, 0.6) is 5.75 Å². The second-order valence-corrected chi connectivity index (χ2v) is 6.52. The van der Waals surface area contributed by atoms with Gasteiger partial charge in [0.2, 0.25) is 0 Å². The number of hydrogen-bond acceptors (Lipinski definition) is 5. The summed E-state index contributed by atoms with van der Waals surface area (Å²) in [7, 11) is 1.82. The lowest BCUT2D eigenvalue weighted by Crippen LogP contribution is -2.22. The van der Waals surface area contributed by atoms with E-state index in [0.29, 0.717) is 37.6 Å². The van der Waals surface area contributed by atoms with Crippen molar-refractivity contribution in [2.24, 2.45) is 7.05 Å². The minimum atomic E-state index is -0.467. The number of carbonyl (C=O) groups is 1. The Hall–Kier alpha value is -3.70. The second-order valence-electron chi connectivity index (χ2n) is 6.52. The number of anilines is 1. The molecule has 7 nitrogen and oxygen atoms in total. The van der Waals surface area contributed by atoms with Gasteiger partial charge in [0.25, 0.3) is 5.91 Å². The molecular weight excluding hydrogens is 385 g/mol. The first kappa shape index (κ1) is 21.0. The Kier molecular flexibility index (Phi) is 7.14. The molecule has 1 aromatic heterocycles. The van der Waals surface area contributed by atoms with Gasteiger partial charge in [0, 0.05) is 49.6 Å². The number of nitrogens with zero attached hydrogens (tertiary/aromatic N) is 3. The number of rotatable bonds is 9. The molecule has 8 heteroatoms. The number of aromatic nitrogens is 2. The molecule has 0 unspecified atom stereocenters. The molecule has 3 aromatic rings. The van der Waals surface area contributed by atoms with E-state index in [9.17, 15) is 9.18 Å². The van der Waals surface area contributed by atoms with Crippen molar-refractivity contribution in [2.75, 3.05) is 25.0 Å². The van der Waals surface area contributed by atoms with Gasteiger partial charge in [-0.05, 0) is 42.5 Å². The van der Waals surface area contributed by atoms with Crippen LogP contribution in [0.15, 0.2) is 54.7 Å². The Morgan fingerprint density at radius 3 is 2.83 bits per heavy atom. The lowest BCUT2D eigenvalue weighted by atomic mass is 10.1. The number of carbonyl (C=O) groups excluding carboxylic acids is 1. The number of ether oxygens (including phenoxy) is 1. The number of benzene rings is 2. The summed E-state index contributed by atoms with van der Waals surface area (Å²) in [5.74, 6) is -0.226. The van der Waals surface area contributed by atoms with Crippen molar-refractivity contribution >= 4 is 11.6 Å². The van der Waals surface area contributed by atoms with Gasteiger partial charge in [-0.3, -0.25) is 9.48 Å². The molecule has 0 atom stereocenters. The summed E-state index contributed by atoms with van der Waals surface area (Å²) >= 11 is 0. The number of halogens is 1. The summed E-state index contributed by atoms with van der Waals surface area (Å²) in [6, 6.07) is 14.8. The van der Waals surface area contributed by atoms with E-state index >= 15 is 0 Å². The van der Waals surface area contributed by atoms with Crippen LogP contribution in [0, 0.1) is 17.1 Å². The van der Waals surface area contributed by atoms with Gasteiger partial charge in [0.1, 0.15) is 18.2 Å². The van der Waals surface area contributed by atoms with Crippen LogP contribution in [0.4, 0.5) is 10.1 Å². The fraction of sp³-hybridized carbons (Fsp3) is 0.227. The van der Waals surface area contributed by atoms with Gasteiger partial charge < -0.3 is 15.4 Å². The van der Waals surface area contributed by atoms with Crippen molar-refractivity contribution in [2.45, 2.75) is 6.42 Å². The Labute approximate surface area is 174 Å². The molecule has 0 saturated heterocycles. The van der Waals surface area contributed by atoms with Crippen LogP contribution in [-0.4, -0.2) is 35.4 Å². The van der Waals surface area contributed by atoms with Crippen LogP contribution in [-0.2, 0) is 7.05 Å². The lowest BCUT2D eigenvalue weighted by molar-refractivity contribution is 0.102. The van der Waals surface area contributed by atoms with E-state index in [1.54, 1.807) is 35.1 Å². The Balaban J connectivity index is 1.77. The smallest absolute Gasteiger partial charge is 0.255 e. The third kappa shape index (κ3) is 5.43. The van der Waals surface area contributed by atoms with E-state index in [0.717, 1.165) is 11.3 Å². The number of hydrogen-bond donors (Lipinski definition) is 2. The van der Waals surface area contributed by atoms with Gasteiger partial charge in [-0.2, -0.15) is 10.4 Å². The zero-order valence-electron chi connectivity index (χ0n) is 16.6. The van der Waals surface area contributed by atoms with E-state index in [1.165, 1.54) is 18.2 Å². The molecule has 30 heavy (non-hydrogen) atoms. The molecule has 0 radical (unpaired) electrons. The highest BCUT2D eigenvalue weighted by atomic mass is 19.1. The van der Waals surface area contributed by atoms with E-state index in [-0.39, 0.29) is 5.56 Å². The van der Waals surface area contributed by atoms with Crippen LogP contribution >= 0.6 is 0 Å². The quantitative estimate of drug-likeness (QED) is 0.531. The Morgan fingerprint density at radius 2 is 2.10 bits per heavy atom. The molecule has 2 N–H and O–H groups in total. The summed E-state index contributed by atoms with van der Waals surface area (Å²) < 4.78 is 21.0. The van der Waals surface area contributed by atoms with Crippen molar-refractivity contribution in [1.82, 2.24) is 15.1 Å². The fourth-order valence-corrected chi connectivity index (χ4v) is 2.91. The largest absolute Gasteiger partial charge is 0.492 e. The first-order chi connectivity index (χ1) is 14.6. The zero-order chi connectivity index (χ0) is 21.3. The summed E-state index contributed by atoms with van der Waals surface area (Å²) in [6.45, 7) is 1.63. The lowest BCUT2D eigenvalue weighted by Gasteiger charge is -2.14. The first-order valence-corrected chi connectivity index (χ1v) is 9.48. The molecule has 3 rings (SSSR count). The van der Waals surface area contributed by atoms with Gasteiger partial charge >= 0.3 is 0 Å². The van der Waals surface area contributed by atoms with Crippen molar-refractivity contribution in [3.63, 3.8) is 0 Å². The number of aryl methyl sites for hydroxylation is 1. The highest BCUT2D eigenvalue weighted by molar-refractivity contribution is 6.04.